The van der Waals surface area contributed by atoms with E-state index in [1.165, 1.54) is 0 Å². The Kier molecular flexibility index (Phi) is 3.97. The Morgan fingerprint density at radius 1 is 1.38 bits per heavy atom. The Hall–Kier alpha value is -1.03. The average Bonchev–Trinajstić information content (AvgIpc) is 2.56. The summed E-state index contributed by atoms with van der Waals surface area (Å²) in [6.07, 6.45) is 0.815. The van der Waals surface area contributed by atoms with E-state index in [1.807, 2.05) is 4.68 Å². The maximum Gasteiger partial charge on any atom is 0.215 e. The lowest BCUT2D eigenvalue weighted by Gasteiger charge is -2.17. The maximum absolute atomic E-state index is 5.65. The summed E-state index contributed by atoms with van der Waals surface area (Å²) in [7, 11) is 1.69. The maximum atomic E-state index is 5.65. The summed E-state index contributed by atoms with van der Waals surface area (Å²) in [5.74, 6) is 0.859. The van der Waals surface area contributed by atoms with Gasteiger partial charge < -0.3 is 10.5 Å². The molecule has 0 bridgehead atoms. The Labute approximate surface area is 97.8 Å². The van der Waals surface area contributed by atoms with Crippen molar-refractivity contribution in [1.29, 1.82) is 0 Å². The van der Waals surface area contributed by atoms with Gasteiger partial charge in [0.1, 0.15) is 0 Å². The standard InChI is InChI=1S/C12H23N3O/c1-6-15-11(16-5)9(7-8-13)10(14-15)12(2,3)4/h6-8,13H2,1-5H3. The molecule has 0 saturated carbocycles. The number of rotatable bonds is 4. The fourth-order valence-electron chi connectivity index (χ4n) is 1.90. The molecule has 16 heavy (non-hydrogen) atoms. The molecule has 0 aliphatic rings. The first-order valence-corrected chi connectivity index (χ1v) is 5.79. The van der Waals surface area contributed by atoms with Crippen LogP contribution in [0.4, 0.5) is 0 Å². The van der Waals surface area contributed by atoms with Crippen LogP contribution in [-0.2, 0) is 18.4 Å². The Bertz CT molecular complexity index is 350. The Balaban J connectivity index is 3.31. The molecule has 0 unspecified atom stereocenters. The third-order valence-corrected chi connectivity index (χ3v) is 2.60. The van der Waals surface area contributed by atoms with Gasteiger partial charge >= 0.3 is 0 Å². The second kappa shape index (κ2) is 4.87. The van der Waals surface area contributed by atoms with Gasteiger partial charge in [0.25, 0.3) is 0 Å². The number of ether oxygens (including phenoxy) is 1. The quantitative estimate of drug-likeness (QED) is 0.848. The molecule has 0 fully saturated rings. The molecule has 0 radical (unpaired) electrons. The second-order valence-corrected chi connectivity index (χ2v) is 4.94. The van der Waals surface area contributed by atoms with E-state index in [0.717, 1.165) is 30.1 Å². The van der Waals surface area contributed by atoms with E-state index < -0.39 is 0 Å². The van der Waals surface area contributed by atoms with Crippen LogP contribution >= 0.6 is 0 Å². The molecule has 0 spiro atoms. The highest BCUT2D eigenvalue weighted by Crippen LogP contribution is 2.31. The summed E-state index contributed by atoms with van der Waals surface area (Å²) in [6.45, 7) is 9.98. The van der Waals surface area contributed by atoms with Gasteiger partial charge in [0.2, 0.25) is 5.88 Å². The van der Waals surface area contributed by atoms with Crippen LogP contribution < -0.4 is 10.5 Å². The number of aromatic nitrogens is 2. The van der Waals surface area contributed by atoms with Gasteiger partial charge in [0.15, 0.2) is 0 Å². The van der Waals surface area contributed by atoms with E-state index in [0.29, 0.717) is 6.54 Å². The van der Waals surface area contributed by atoms with Gasteiger partial charge in [-0.25, -0.2) is 4.68 Å². The summed E-state index contributed by atoms with van der Waals surface area (Å²) in [4.78, 5) is 0. The molecule has 2 N–H and O–H groups in total. The van der Waals surface area contributed by atoms with Crippen LogP contribution in [-0.4, -0.2) is 23.4 Å². The zero-order chi connectivity index (χ0) is 12.3. The molecule has 1 rings (SSSR count). The fourth-order valence-corrected chi connectivity index (χ4v) is 1.90. The SMILES string of the molecule is CCn1nc(C(C)(C)C)c(CCN)c1OC. The number of hydrogen-bond acceptors (Lipinski definition) is 3. The van der Waals surface area contributed by atoms with Crippen molar-refractivity contribution < 1.29 is 4.74 Å². The summed E-state index contributed by atoms with van der Waals surface area (Å²) >= 11 is 0. The van der Waals surface area contributed by atoms with Gasteiger partial charge in [0.05, 0.1) is 12.8 Å². The lowest BCUT2D eigenvalue weighted by atomic mass is 9.88. The van der Waals surface area contributed by atoms with Crippen LogP contribution in [0.1, 0.15) is 39.0 Å². The lowest BCUT2D eigenvalue weighted by Crippen LogP contribution is -2.16. The predicted molar refractivity (Wildman–Crippen MR) is 65.9 cm³/mol. The Morgan fingerprint density at radius 3 is 2.38 bits per heavy atom. The molecular weight excluding hydrogens is 202 g/mol. The van der Waals surface area contributed by atoms with E-state index in [-0.39, 0.29) is 5.41 Å². The highest BCUT2D eigenvalue weighted by molar-refractivity contribution is 5.36. The fraction of sp³-hybridized carbons (Fsp3) is 0.750. The first kappa shape index (κ1) is 13.0. The second-order valence-electron chi connectivity index (χ2n) is 4.94. The number of nitrogens with zero attached hydrogens (tertiary/aromatic N) is 2. The predicted octanol–water partition coefficient (Wildman–Crippen LogP) is 1.71. The molecule has 1 heterocycles. The summed E-state index contributed by atoms with van der Waals surface area (Å²) in [5.41, 5.74) is 7.93. The number of aryl methyl sites for hydroxylation is 1. The minimum atomic E-state index is 0.0260. The molecule has 0 aliphatic carbocycles. The molecule has 4 heteroatoms. The highest BCUT2D eigenvalue weighted by atomic mass is 16.5. The molecular formula is C12H23N3O. The highest BCUT2D eigenvalue weighted by Gasteiger charge is 2.26. The van der Waals surface area contributed by atoms with Crippen LogP contribution in [0.5, 0.6) is 5.88 Å². The van der Waals surface area contributed by atoms with Gasteiger partial charge in [-0.3, -0.25) is 0 Å². The van der Waals surface area contributed by atoms with E-state index in [4.69, 9.17) is 10.5 Å². The molecule has 1 aromatic heterocycles. The first-order chi connectivity index (χ1) is 7.45. The third-order valence-electron chi connectivity index (χ3n) is 2.60. The molecule has 0 saturated heterocycles. The topological polar surface area (TPSA) is 53.1 Å². The van der Waals surface area contributed by atoms with E-state index >= 15 is 0 Å². The van der Waals surface area contributed by atoms with Gasteiger partial charge in [-0.2, -0.15) is 5.10 Å². The van der Waals surface area contributed by atoms with E-state index in [2.05, 4.69) is 32.8 Å². The van der Waals surface area contributed by atoms with Crippen molar-refractivity contribution in [3.8, 4) is 5.88 Å². The van der Waals surface area contributed by atoms with Crippen molar-refractivity contribution in [2.45, 2.75) is 46.1 Å². The van der Waals surface area contributed by atoms with E-state index in [9.17, 15) is 0 Å². The van der Waals surface area contributed by atoms with Crippen LogP contribution in [0.2, 0.25) is 0 Å². The third kappa shape index (κ3) is 2.38. The van der Waals surface area contributed by atoms with Gasteiger partial charge in [-0.05, 0) is 19.9 Å². The van der Waals surface area contributed by atoms with Crippen molar-refractivity contribution in [1.82, 2.24) is 9.78 Å². The van der Waals surface area contributed by atoms with Gasteiger partial charge in [0, 0.05) is 17.5 Å². The molecule has 0 atom stereocenters. The van der Waals surface area contributed by atoms with Crippen LogP contribution in [0, 0.1) is 0 Å². The average molecular weight is 225 g/mol. The summed E-state index contributed by atoms with van der Waals surface area (Å²) in [6, 6.07) is 0. The lowest BCUT2D eigenvalue weighted by molar-refractivity contribution is 0.360. The molecule has 0 aromatic carbocycles. The molecule has 0 aliphatic heterocycles. The van der Waals surface area contributed by atoms with Crippen LogP contribution in [0.3, 0.4) is 0 Å². The smallest absolute Gasteiger partial charge is 0.215 e. The molecule has 4 nitrogen and oxygen atoms in total. The zero-order valence-electron chi connectivity index (χ0n) is 11.0. The van der Waals surface area contributed by atoms with E-state index in [1.54, 1.807) is 7.11 Å². The van der Waals surface area contributed by atoms with Crippen molar-refractivity contribution in [2.75, 3.05) is 13.7 Å². The number of nitrogens with two attached hydrogens (primary N) is 1. The number of methoxy groups -OCH3 is 1. The summed E-state index contributed by atoms with van der Waals surface area (Å²) in [5, 5.41) is 4.63. The number of hydrogen-bond donors (Lipinski definition) is 1. The zero-order valence-corrected chi connectivity index (χ0v) is 11.0. The monoisotopic (exact) mass is 225 g/mol. The van der Waals surface area contributed by atoms with Crippen molar-refractivity contribution in [2.24, 2.45) is 5.73 Å². The molecule has 92 valence electrons. The molecule has 0 amide bonds. The Morgan fingerprint density at radius 2 is 2.00 bits per heavy atom. The largest absolute Gasteiger partial charge is 0.481 e. The van der Waals surface area contributed by atoms with Gasteiger partial charge in [-0.15, -0.1) is 0 Å². The minimum Gasteiger partial charge on any atom is -0.481 e. The van der Waals surface area contributed by atoms with Crippen molar-refractivity contribution >= 4 is 0 Å². The molecule has 1 aromatic rings. The normalized spacial score (nSPS) is 11.9. The minimum absolute atomic E-state index is 0.0260. The van der Waals surface area contributed by atoms with Crippen LogP contribution in [0.25, 0.3) is 0 Å². The first-order valence-electron chi connectivity index (χ1n) is 5.79. The van der Waals surface area contributed by atoms with Crippen molar-refractivity contribution in [3.05, 3.63) is 11.3 Å². The van der Waals surface area contributed by atoms with Crippen LogP contribution in [0.15, 0.2) is 0 Å². The van der Waals surface area contributed by atoms with Crippen molar-refractivity contribution in [3.63, 3.8) is 0 Å². The van der Waals surface area contributed by atoms with Gasteiger partial charge in [-0.1, -0.05) is 20.8 Å². The summed E-state index contributed by atoms with van der Waals surface area (Å²) < 4.78 is 7.35.